The number of amides is 5. The third-order valence-corrected chi connectivity index (χ3v) is 8.38. The van der Waals surface area contributed by atoms with E-state index in [1.54, 1.807) is 6.20 Å². The maximum Gasteiger partial charge on any atom is 0.326 e. The fourth-order valence-corrected chi connectivity index (χ4v) is 5.67. The van der Waals surface area contributed by atoms with Crippen LogP contribution in [-0.2, 0) is 35.2 Å². The quantitative estimate of drug-likeness (QED) is 0.0339. The fraction of sp³-hybridized carbons (Fsp3) is 0.688. The first-order chi connectivity index (χ1) is 24.1. The summed E-state index contributed by atoms with van der Waals surface area (Å²) in [5.41, 5.74) is 23.0. The van der Waals surface area contributed by atoms with Crippen molar-refractivity contribution in [2.45, 2.75) is 115 Å². The molecule has 6 atom stereocenters. The minimum atomic E-state index is -1.26. The lowest BCUT2D eigenvalue weighted by Gasteiger charge is -2.31. The summed E-state index contributed by atoms with van der Waals surface area (Å²) in [6, 6.07) is -6.21. The number of nitrogens with two attached hydrogens (primary N) is 4. The maximum absolute atomic E-state index is 13.9. The predicted molar refractivity (Wildman–Crippen MR) is 188 cm³/mol. The second kappa shape index (κ2) is 21.4. The number of carboxylic acids is 1. The molecule has 5 amide bonds. The number of rotatable bonds is 22. The number of guanidine groups is 1. The van der Waals surface area contributed by atoms with Crippen LogP contribution in [0.25, 0.3) is 0 Å². The van der Waals surface area contributed by atoms with Gasteiger partial charge in [0.15, 0.2) is 5.96 Å². The Morgan fingerprint density at radius 3 is 2.25 bits per heavy atom. The van der Waals surface area contributed by atoms with E-state index in [-0.39, 0.29) is 44.2 Å². The van der Waals surface area contributed by atoms with Gasteiger partial charge in [-0.05, 0) is 70.8 Å². The van der Waals surface area contributed by atoms with E-state index in [1.165, 1.54) is 18.2 Å². The monoisotopic (exact) mass is 720 g/mol. The van der Waals surface area contributed by atoms with Crippen molar-refractivity contribution >= 4 is 41.5 Å². The van der Waals surface area contributed by atoms with Gasteiger partial charge in [-0.25, -0.2) is 9.78 Å². The van der Waals surface area contributed by atoms with E-state index in [4.69, 9.17) is 22.9 Å². The number of unbranched alkanes of at least 4 members (excludes halogenated alkanes) is 1. The number of carboxylic acid groups (broad SMARTS) is 1. The average Bonchev–Trinajstić information content (AvgIpc) is 3.77. The first-order valence-electron chi connectivity index (χ1n) is 17.4. The van der Waals surface area contributed by atoms with Crippen LogP contribution in [0.15, 0.2) is 17.5 Å². The van der Waals surface area contributed by atoms with Gasteiger partial charge in [-0.15, -0.1) is 0 Å². The Morgan fingerprint density at radius 1 is 0.961 bits per heavy atom. The number of carbonyl (C=O) groups is 6. The van der Waals surface area contributed by atoms with Crippen molar-refractivity contribution in [3.63, 3.8) is 0 Å². The highest BCUT2D eigenvalue weighted by atomic mass is 16.4. The number of likely N-dealkylation sites (tertiary alicyclic amines) is 1. The summed E-state index contributed by atoms with van der Waals surface area (Å²) in [5, 5.41) is 20.0. The van der Waals surface area contributed by atoms with Crippen molar-refractivity contribution in [1.82, 2.24) is 36.1 Å². The highest BCUT2D eigenvalue weighted by Gasteiger charge is 2.39. The second-order valence-electron chi connectivity index (χ2n) is 13.2. The van der Waals surface area contributed by atoms with Crippen molar-refractivity contribution in [2.75, 3.05) is 19.6 Å². The highest BCUT2D eigenvalue weighted by molar-refractivity contribution is 5.96. The summed E-state index contributed by atoms with van der Waals surface area (Å²) in [7, 11) is 0. The Balaban J connectivity index is 2.10. The number of aromatic amines is 1. The maximum atomic E-state index is 13.9. The van der Waals surface area contributed by atoms with Gasteiger partial charge in [0, 0.05) is 31.4 Å². The molecule has 0 spiro atoms. The second-order valence-corrected chi connectivity index (χ2v) is 13.2. The number of nitrogens with one attached hydrogen (secondary N) is 5. The van der Waals surface area contributed by atoms with E-state index in [9.17, 15) is 33.9 Å². The van der Waals surface area contributed by atoms with E-state index >= 15 is 0 Å². The molecule has 1 aliphatic rings. The van der Waals surface area contributed by atoms with Crippen LogP contribution in [0.2, 0.25) is 0 Å². The van der Waals surface area contributed by atoms with E-state index in [0.717, 1.165) is 0 Å². The van der Waals surface area contributed by atoms with Gasteiger partial charge < -0.3 is 59.2 Å². The number of hydrogen-bond donors (Lipinski definition) is 10. The number of nitrogens with zero attached hydrogens (tertiary/aromatic N) is 3. The van der Waals surface area contributed by atoms with E-state index in [1.807, 2.05) is 13.8 Å². The normalized spacial score (nSPS) is 17.1. The Hall–Kier alpha value is -4.78. The van der Waals surface area contributed by atoms with Crippen LogP contribution in [0.4, 0.5) is 0 Å². The zero-order valence-corrected chi connectivity index (χ0v) is 29.7. The molecule has 1 saturated heterocycles. The largest absolute Gasteiger partial charge is 0.480 e. The first kappa shape index (κ1) is 42.4. The number of aromatic nitrogens is 2. The lowest BCUT2D eigenvalue weighted by atomic mass is 10.0. The fourth-order valence-electron chi connectivity index (χ4n) is 5.67. The van der Waals surface area contributed by atoms with Crippen LogP contribution in [0.5, 0.6) is 0 Å². The number of aliphatic carboxylic acids is 1. The molecule has 14 N–H and O–H groups in total. The summed E-state index contributed by atoms with van der Waals surface area (Å²) in [4.78, 5) is 90.5. The van der Waals surface area contributed by atoms with Gasteiger partial charge in [-0.3, -0.25) is 29.0 Å². The SMILES string of the molecule is CC(C)C[C@H](NC(=O)[C@@H]1CCCN1C(=O)[C@H](CCCCN)NC(=O)[C@@H](N)Cc1cnc[nH]1)C(=O)N[C@@H](C)C(=O)N[C@@H](CCCN=C(N)N)C(=O)O. The van der Waals surface area contributed by atoms with Crippen molar-refractivity contribution in [3.8, 4) is 0 Å². The van der Waals surface area contributed by atoms with E-state index in [2.05, 4.69) is 36.2 Å². The van der Waals surface area contributed by atoms with Crippen LogP contribution in [0, 0.1) is 5.92 Å². The summed E-state index contributed by atoms with van der Waals surface area (Å²) in [6.07, 6.45) is 6.13. The predicted octanol–water partition coefficient (Wildman–Crippen LogP) is -2.46. The molecule has 0 radical (unpaired) electrons. The summed E-state index contributed by atoms with van der Waals surface area (Å²) < 4.78 is 0. The zero-order chi connectivity index (χ0) is 38.1. The first-order valence-corrected chi connectivity index (χ1v) is 17.4. The van der Waals surface area contributed by atoms with Gasteiger partial charge in [-0.1, -0.05) is 13.8 Å². The Bertz CT molecular complexity index is 1340. The molecule has 2 rings (SSSR count). The highest BCUT2D eigenvalue weighted by Crippen LogP contribution is 2.21. The molecule has 2 heterocycles. The number of hydrogen-bond acceptors (Lipinski definition) is 10. The third-order valence-electron chi connectivity index (χ3n) is 8.38. The molecule has 1 fully saturated rings. The Labute approximate surface area is 297 Å². The van der Waals surface area contributed by atoms with Crippen LogP contribution < -0.4 is 44.2 Å². The molecule has 1 aromatic heterocycles. The lowest BCUT2D eigenvalue weighted by molar-refractivity contribution is -0.143. The smallest absolute Gasteiger partial charge is 0.326 e. The van der Waals surface area contributed by atoms with Crippen LogP contribution in [-0.4, -0.2) is 117 Å². The standard InChI is InChI=1S/C32H56N12O7/c1-18(2)14-24(28(47)40-19(3)26(45)42-23(31(50)51)9-6-12-38-32(35)36)43-29(48)25-10-7-13-44(25)30(49)22(8-4-5-11-33)41-27(46)21(34)15-20-16-37-17-39-20/h16-19,21-25H,4-15,33-34H2,1-3H3,(H,37,39)(H,40,47)(H,41,46)(H,42,45)(H,43,48)(H,50,51)(H4,35,36,38)/t19-,21-,22-,23-,24-,25-/m0/s1. The van der Waals surface area contributed by atoms with Crippen molar-refractivity contribution < 1.29 is 33.9 Å². The molecule has 286 valence electrons. The minimum Gasteiger partial charge on any atom is -0.480 e. The summed E-state index contributed by atoms with van der Waals surface area (Å²) in [5.74, 6) is -4.32. The third kappa shape index (κ3) is 14.5. The Morgan fingerprint density at radius 2 is 1.65 bits per heavy atom. The molecular weight excluding hydrogens is 664 g/mol. The number of imidazole rings is 1. The topological polar surface area (TPSA) is 319 Å². The molecule has 0 aromatic carbocycles. The van der Waals surface area contributed by atoms with Crippen molar-refractivity contribution in [3.05, 3.63) is 18.2 Å². The van der Waals surface area contributed by atoms with E-state index in [0.29, 0.717) is 50.8 Å². The van der Waals surface area contributed by atoms with Crippen molar-refractivity contribution in [1.29, 1.82) is 0 Å². The zero-order valence-electron chi connectivity index (χ0n) is 29.7. The van der Waals surface area contributed by atoms with Crippen molar-refractivity contribution in [2.24, 2.45) is 33.8 Å². The molecule has 0 saturated carbocycles. The lowest BCUT2D eigenvalue weighted by Crippen LogP contribution is -2.58. The molecule has 0 bridgehead atoms. The van der Waals surface area contributed by atoms with Crippen LogP contribution in [0.1, 0.15) is 77.8 Å². The average molecular weight is 721 g/mol. The van der Waals surface area contributed by atoms with Gasteiger partial charge in [0.2, 0.25) is 29.5 Å². The van der Waals surface area contributed by atoms with Gasteiger partial charge in [0.1, 0.15) is 30.2 Å². The number of aliphatic imine (C=N–C) groups is 1. The molecular formula is C32H56N12O7. The van der Waals surface area contributed by atoms with Gasteiger partial charge in [-0.2, -0.15) is 0 Å². The molecule has 19 nitrogen and oxygen atoms in total. The molecule has 19 heteroatoms. The van der Waals surface area contributed by atoms with E-state index < -0.39 is 71.8 Å². The molecule has 0 aliphatic carbocycles. The van der Waals surface area contributed by atoms with Crippen LogP contribution >= 0.6 is 0 Å². The minimum absolute atomic E-state index is 0.0405. The summed E-state index contributed by atoms with van der Waals surface area (Å²) >= 11 is 0. The number of H-pyrrole nitrogens is 1. The molecule has 51 heavy (non-hydrogen) atoms. The molecule has 1 aromatic rings. The Kier molecular flexibility index (Phi) is 17.8. The van der Waals surface area contributed by atoms with Gasteiger partial charge in [0.25, 0.3) is 0 Å². The van der Waals surface area contributed by atoms with Gasteiger partial charge in [0.05, 0.1) is 12.4 Å². The molecule has 1 aliphatic heterocycles. The van der Waals surface area contributed by atoms with Crippen LogP contribution in [0.3, 0.4) is 0 Å². The van der Waals surface area contributed by atoms with Gasteiger partial charge >= 0.3 is 5.97 Å². The summed E-state index contributed by atoms with van der Waals surface area (Å²) in [6.45, 7) is 5.98. The molecule has 0 unspecified atom stereocenters. The number of carbonyl (C=O) groups excluding carboxylic acids is 5.